The maximum absolute atomic E-state index is 11.9. The van der Waals surface area contributed by atoms with Crippen LogP contribution in [0.15, 0.2) is 0 Å². The molecule has 9 heteroatoms. The molecule has 7 nitrogen and oxygen atoms in total. The molecule has 0 bridgehead atoms. The Bertz CT molecular complexity index is 547. The number of rotatable bonds is 8. The first-order valence-corrected chi connectivity index (χ1v) is 9.66. The number of sulfone groups is 1. The fourth-order valence-corrected chi connectivity index (χ4v) is 3.55. The number of sulfonamides is 1. The lowest BCUT2D eigenvalue weighted by atomic mass is 10.1. The van der Waals surface area contributed by atoms with Crippen LogP contribution >= 0.6 is 0 Å². The van der Waals surface area contributed by atoms with Crippen LogP contribution in [0.25, 0.3) is 0 Å². The van der Waals surface area contributed by atoms with Crippen molar-refractivity contribution < 1.29 is 26.7 Å². The molecule has 0 aliphatic carbocycles. The Hall–Kier alpha value is -0.670. The maximum atomic E-state index is 11.9. The molecule has 0 fully saturated rings. The van der Waals surface area contributed by atoms with Gasteiger partial charge in [0.2, 0.25) is 10.0 Å². The molecular weight excluding hydrogens is 306 g/mol. The molecule has 20 heavy (non-hydrogen) atoms. The van der Waals surface area contributed by atoms with Crippen molar-refractivity contribution in [2.24, 2.45) is 5.92 Å². The number of carbonyl (C=O) groups is 1. The quantitative estimate of drug-likeness (QED) is 0.658. The van der Waals surface area contributed by atoms with Crippen LogP contribution in [0.4, 0.5) is 0 Å². The van der Waals surface area contributed by atoms with Crippen molar-refractivity contribution in [2.45, 2.75) is 44.9 Å². The minimum absolute atomic E-state index is 0.106. The van der Waals surface area contributed by atoms with Crippen molar-refractivity contribution in [2.75, 3.05) is 12.0 Å². The fraction of sp³-hybridized carbons (Fsp3) is 0.909. The second-order valence-electron chi connectivity index (χ2n) is 5.78. The van der Waals surface area contributed by atoms with Crippen LogP contribution in [0, 0.1) is 5.92 Å². The van der Waals surface area contributed by atoms with Crippen molar-refractivity contribution in [3.8, 4) is 0 Å². The molecule has 120 valence electrons. The number of hydrogen-bond acceptors (Lipinski definition) is 5. The summed E-state index contributed by atoms with van der Waals surface area (Å²) in [6.07, 6.45) is 0.937. The van der Waals surface area contributed by atoms with Gasteiger partial charge in [0, 0.05) is 6.26 Å². The van der Waals surface area contributed by atoms with E-state index in [0.29, 0.717) is 0 Å². The Morgan fingerprint density at radius 2 is 1.65 bits per heavy atom. The molecule has 0 aromatic rings. The Balaban J connectivity index is 4.91. The molecule has 2 N–H and O–H groups in total. The third-order valence-electron chi connectivity index (χ3n) is 3.22. The predicted molar refractivity (Wildman–Crippen MR) is 76.7 cm³/mol. The van der Waals surface area contributed by atoms with Gasteiger partial charge in [0.1, 0.15) is 6.04 Å². The molecule has 0 spiro atoms. The van der Waals surface area contributed by atoms with E-state index in [1.54, 1.807) is 13.8 Å². The lowest BCUT2D eigenvalue weighted by Gasteiger charge is -2.23. The molecule has 0 saturated carbocycles. The molecule has 0 heterocycles. The van der Waals surface area contributed by atoms with Crippen LogP contribution in [-0.2, 0) is 24.7 Å². The minimum atomic E-state index is -3.86. The summed E-state index contributed by atoms with van der Waals surface area (Å²) in [6, 6.07) is -1.22. The van der Waals surface area contributed by atoms with E-state index in [1.807, 2.05) is 0 Å². The first-order valence-electron chi connectivity index (χ1n) is 6.12. The van der Waals surface area contributed by atoms with Gasteiger partial charge in [-0.3, -0.25) is 4.79 Å². The summed E-state index contributed by atoms with van der Waals surface area (Å²) in [5, 5.41) is 8.94. The summed E-state index contributed by atoms with van der Waals surface area (Å²) < 4.78 is 47.6. The number of aliphatic carboxylic acids is 1. The van der Waals surface area contributed by atoms with Crippen molar-refractivity contribution >= 4 is 25.8 Å². The third kappa shape index (κ3) is 5.76. The number of nitrogens with one attached hydrogen (secondary N) is 1. The average molecular weight is 329 g/mol. The number of hydrogen-bond donors (Lipinski definition) is 2. The molecule has 0 saturated heterocycles. The van der Waals surface area contributed by atoms with E-state index in [1.165, 1.54) is 13.8 Å². The van der Waals surface area contributed by atoms with Crippen LogP contribution in [0.3, 0.4) is 0 Å². The Labute approximate surface area is 120 Å². The van der Waals surface area contributed by atoms with E-state index in [4.69, 9.17) is 5.11 Å². The van der Waals surface area contributed by atoms with E-state index in [-0.39, 0.29) is 6.42 Å². The molecule has 0 radical (unpaired) electrons. The first-order chi connectivity index (χ1) is 8.69. The fourth-order valence-electron chi connectivity index (χ4n) is 1.29. The number of carboxylic acid groups (broad SMARTS) is 1. The summed E-state index contributed by atoms with van der Waals surface area (Å²) in [4.78, 5) is 11.0. The molecule has 0 amide bonds. The minimum Gasteiger partial charge on any atom is -0.480 e. The SMILES string of the molecule is CC(C)[C@@H](NS(=O)(=O)CCC(C)(C)S(C)(=O)=O)C(=O)O. The van der Waals surface area contributed by atoms with E-state index < -0.39 is 48.3 Å². The molecule has 0 unspecified atom stereocenters. The third-order valence-corrected chi connectivity index (χ3v) is 6.78. The second-order valence-corrected chi connectivity index (χ2v) is 10.3. The van der Waals surface area contributed by atoms with Crippen LogP contribution in [0.1, 0.15) is 34.1 Å². The van der Waals surface area contributed by atoms with Crippen LogP contribution in [0.5, 0.6) is 0 Å². The highest BCUT2D eigenvalue weighted by atomic mass is 32.2. The topological polar surface area (TPSA) is 118 Å². The lowest BCUT2D eigenvalue weighted by Crippen LogP contribution is -2.46. The highest BCUT2D eigenvalue weighted by molar-refractivity contribution is 7.92. The zero-order chi connectivity index (χ0) is 16.4. The monoisotopic (exact) mass is 329 g/mol. The Kier molecular flexibility index (Phi) is 6.18. The van der Waals surface area contributed by atoms with Gasteiger partial charge in [0.15, 0.2) is 9.84 Å². The summed E-state index contributed by atoms with van der Waals surface area (Å²) in [6.45, 7) is 6.05. The molecule has 0 aromatic heterocycles. The standard InChI is InChI=1S/C11H23NO6S2/c1-8(2)9(10(13)14)12-20(17,18)7-6-11(3,4)19(5,15)16/h8-9,12H,6-7H2,1-5H3,(H,13,14)/t9-/m1/s1. The molecule has 0 aliphatic rings. The molecular formula is C11H23NO6S2. The van der Waals surface area contributed by atoms with Gasteiger partial charge in [-0.2, -0.15) is 0 Å². The van der Waals surface area contributed by atoms with Crippen molar-refractivity contribution in [3.63, 3.8) is 0 Å². The van der Waals surface area contributed by atoms with Crippen LogP contribution < -0.4 is 4.72 Å². The van der Waals surface area contributed by atoms with Crippen LogP contribution in [0.2, 0.25) is 0 Å². The number of carboxylic acids is 1. The van der Waals surface area contributed by atoms with Crippen molar-refractivity contribution in [1.29, 1.82) is 0 Å². The van der Waals surface area contributed by atoms with Gasteiger partial charge in [0.05, 0.1) is 10.5 Å². The van der Waals surface area contributed by atoms with Gasteiger partial charge in [-0.05, 0) is 26.2 Å². The van der Waals surface area contributed by atoms with E-state index >= 15 is 0 Å². The largest absolute Gasteiger partial charge is 0.480 e. The van der Waals surface area contributed by atoms with Gasteiger partial charge in [-0.25, -0.2) is 21.6 Å². The smallest absolute Gasteiger partial charge is 0.321 e. The first kappa shape index (κ1) is 19.3. The summed E-state index contributed by atoms with van der Waals surface area (Å²) in [7, 11) is -7.25. The Morgan fingerprint density at radius 1 is 1.20 bits per heavy atom. The second kappa shape index (κ2) is 6.40. The van der Waals surface area contributed by atoms with E-state index in [0.717, 1.165) is 6.26 Å². The van der Waals surface area contributed by atoms with E-state index in [2.05, 4.69) is 4.72 Å². The molecule has 0 aliphatic heterocycles. The van der Waals surface area contributed by atoms with Gasteiger partial charge in [0.25, 0.3) is 0 Å². The summed E-state index contributed by atoms with van der Waals surface area (Å²) >= 11 is 0. The van der Waals surface area contributed by atoms with Gasteiger partial charge in [-0.1, -0.05) is 13.8 Å². The lowest BCUT2D eigenvalue weighted by molar-refractivity contribution is -0.140. The van der Waals surface area contributed by atoms with Gasteiger partial charge >= 0.3 is 5.97 Å². The molecule has 0 aromatic carbocycles. The highest BCUT2D eigenvalue weighted by Gasteiger charge is 2.33. The van der Waals surface area contributed by atoms with Crippen molar-refractivity contribution in [3.05, 3.63) is 0 Å². The average Bonchev–Trinajstić information content (AvgIpc) is 2.21. The van der Waals surface area contributed by atoms with Gasteiger partial charge < -0.3 is 5.11 Å². The zero-order valence-corrected chi connectivity index (χ0v) is 14.0. The summed E-state index contributed by atoms with van der Waals surface area (Å²) in [5.74, 6) is -2.11. The highest BCUT2D eigenvalue weighted by Crippen LogP contribution is 2.20. The van der Waals surface area contributed by atoms with Gasteiger partial charge in [-0.15, -0.1) is 0 Å². The molecule has 0 rings (SSSR count). The van der Waals surface area contributed by atoms with E-state index in [9.17, 15) is 21.6 Å². The maximum Gasteiger partial charge on any atom is 0.321 e. The predicted octanol–water partition coefficient (Wildman–Crippen LogP) is 0.228. The van der Waals surface area contributed by atoms with Crippen LogP contribution in [-0.4, -0.2) is 50.7 Å². The Morgan fingerprint density at radius 3 is 1.95 bits per heavy atom. The normalized spacial score (nSPS) is 15.3. The zero-order valence-electron chi connectivity index (χ0n) is 12.4. The summed E-state index contributed by atoms with van der Waals surface area (Å²) in [5.41, 5.74) is 0. The van der Waals surface area contributed by atoms with Crippen molar-refractivity contribution in [1.82, 2.24) is 4.72 Å². The molecule has 1 atom stereocenters.